The van der Waals surface area contributed by atoms with Crippen LogP contribution in [0, 0.1) is 42.3 Å². The molecular weight excluding hydrogens is 615 g/mol. The summed E-state index contributed by atoms with van der Waals surface area (Å²) in [7, 11) is 0. The number of hydrogen-bond acceptors (Lipinski definition) is 5. The van der Waals surface area contributed by atoms with Crippen LogP contribution in [-0.2, 0) is 11.2 Å². The molecule has 9 heteroatoms. The summed E-state index contributed by atoms with van der Waals surface area (Å²) in [4.78, 5) is 39.5. The van der Waals surface area contributed by atoms with Gasteiger partial charge in [-0.15, -0.1) is 0 Å². The van der Waals surface area contributed by atoms with Crippen LogP contribution in [0.2, 0.25) is 0 Å². The van der Waals surface area contributed by atoms with Crippen LogP contribution in [0.1, 0.15) is 75.9 Å². The fourth-order valence-electron chi connectivity index (χ4n) is 9.93. The highest BCUT2D eigenvalue weighted by atomic mass is 19.1. The van der Waals surface area contributed by atoms with Crippen molar-refractivity contribution in [1.29, 1.82) is 0 Å². The van der Waals surface area contributed by atoms with Gasteiger partial charge in [0.05, 0.1) is 23.0 Å². The number of carbonyl (C=O) groups excluding carboxylic acids is 2. The molecule has 3 atom stereocenters. The normalized spacial score (nSPS) is 25.2. The molecule has 1 aliphatic carbocycles. The minimum atomic E-state index is -0.408. The molecule has 8 nitrogen and oxygen atoms in total. The Hall–Kier alpha value is -3.30. The van der Waals surface area contributed by atoms with Crippen LogP contribution < -0.4 is 0 Å². The fourth-order valence-corrected chi connectivity index (χ4v) is 9.93. The third kappa shape index (κ3) is 6.30. The van der Waals surface area contributed by atoms with Gasteiger partial charge in [-0.3, -0.25) is 24.4 Å². The number of aryl methyl sites for hydroxylation is 1. The second-order valence-corrected chi connectivity index (χ2v) is 16.3. The molecule has 3 aliphatic heterocycles. The molecule has 3 saturated heterocycles. The van der Waals surface area contributed by atoms with E-state index in [2.05, 4.69) is 51.2 Å². The van der Waals surface area contributed by atoms with Crippen molar-refractivity contribution in [2.75, 3.05) is 45.8 Å². The number of hydrogen-bond donors (Lipinski definition) is 0. The Balaban J connectivity index is 1.03. The maximum atomic E-state index is 14.6. The Bertz CT molecular complexity index is 1690. The van der Waals surface area contributed by atoms with Crippen LogP contribution in [0.4, 0.5) is 4.39 Å². The molecule has 5 heterocycles. The smallest absolute Gasteiger partial charge is 0.256 e. The van der Waals surface area contributed by atoms with Gasteiger partial charge in [0, 0.05) is 88.6 Å². The highest BCUT2D eigenvalue weighted by Gasteiger charge is 2.49. The number of benzene rings is 1. The van der Waals surface area contributed by atoms with E-state index in [-0.39, 0.29) is 17.9 Å². The first-order chi connectivity index (χ1) is 23.4. The Morgan fingerprint density at radius 3 is 2.31 bits per heavy atom. The minimum absolute atomic E-state index is 0.0107. The summed E-state index contributed by atoms with van der Waals surface area (Å²) in [5.74, 6) is 2.92. The molecule has 2 amide bonds. The maximum absolute atomic E-state index is 14.6. The molecular formula is C40H55FN6O2. The van der Waals surface area contributed by atoms with E-state index in [4.69, 9.17) is 0 Å². The molecule has 0 spiro atoms. The number of halogens is 1. The third-order valence-electron chi connectivity index (χ3n) is 12.4. The van der Waals surface area contributed by atoms with Crippen molar-refractivity contribution in [3.63, 3.8) is 0 Å². The van der Waals surface area contributed by atoms with Gasteiger partial charge < -0.3 is 14.4 Å². The molecule has 2 unspecified atom stereocenters. The van der Waals surface area contributed by atoms with Crippen molar-refractivity contribution in [3.8, 4) is 5.69 Å². The van der Waals surface area contributed by atoms with E-state index in [0.29, 0.717) is 53.6 Å². The molecule has 0 radical (unpaired) electrons. The van der Waals surface area contributed by atoms with Gasteiger partial charge in [0.2, 0.25) is 5.91 Å². The summed E-state index contributed by atoms with van der Waals surface area (Å²) in [6, 6.07) is 5.90. The standard InChI is InChI=1S/C40H55FN6O2/c1-8-46(25(4)5)40(49)35-14-33(41)9-10-36(35)47-23-30(38-26(6)15-42-16-37(38)47)11-28-17-45(18-28)39(24(2)3)29-12-34(13-29)44-21-31-19-43(27(7)48)20-32(31)22-44/h9-10,14-16,23-25,28-29,31-32,34,39H,8,11-13,17-22H2,1-7H3/t29?,31-,32?,34?,39?/m1/s1. The number of rotatable bonds is 10. The van der Waals surface area contributed by atoms with Crippen LogP contribution in [0.25, 0.3) is 16.6 Å². The van der Waals surface area contributed by atoms with Gasteiger partial charge in [0.1, 0.15) is 5.82 Å². The van der Waals surface area contributed by atoms with Gasteiger partial charge in [-0.25, -0.2) is 4.39 Å². The van der Waals surface area contributed by atoms with Crippen molar-refractivity contribution in [1.82, 2.24) is 29.2 Å². The number of nitrogens with zero attached hydrogens (tertiary/aromatic N) is 6. The zero-order valence-electron chi connectivity index (χ0n) is 30.5. The molecule has 1 saturated carbocycles. The summed E-state index contributed by atoms with van der Waals surface area (Å²) >= 11 is 0. The molecule has 264 valence electrons. The molecule has 1 aromatic carbocycles. The highest BCUT2D eigenvalue weighted by molar-refractivity contribution is 5.99. The van der Waals surface area contributed by atoms with E-state index in [1.54, 1.807) is 17.9 Å². The summed E-state index contributed by atoms with van der Waals surface area (Å²) in [6.07, 6.45) is 9.54. The lowest BCUT2D eigenvalue weighted by Gasteiger charge is -2.54. The predicted octanol–water partition coefficient (Wildman–Crippen LogP) is 6.03. The van der Waals surface area contributed by atoms with E-state index < -0.39 is 5.82 Å². The number of likely N-dealkylation sites (tertiary alicyclic amines) is 3. The molecule has 7 rings (SSSR count). The Morgan fingerprint density at radius 2 is 1.69 bits per heavy atom. The van der Waals surface area contributed by atoms with E-state index in [9.17, 15) is 14.0 Å². The summed E-state index contributed by atoms with van der Waals surface area (Å²) in [5, 5.41) is 1.19. The molecule has 3 aromatic rings. The summed E-state index contributed by atoms with van der Waals surface area (Å²) in [5.41, 5.74) is 4.42. The molecule has 4 fully saturated rings. The van der Waals surface area contributed by atoms with Gasteiger partial charge in [-0.1, -0.05) is 13.8 Å². The lowest BCUT2D eigenvalue weighted by atomic mass is 9.70. The first-order valence-electron chi connectivity index (χ1n) is 18.7. The third-order valence-corrected chi connectivity index (χ3v) is 12.4. The Kier molecular flexibility index (Phi) is 9.37. The molecule has 0 bridgehead atoms. The van der Waals surface area contributed by atoms with Crippen LogP contribution in [0.5, 0.6) is 0 Å². The first kappa shape index (κ1) is 34.2. The summed E-state index contributed by atoms with van der Waals surface area (Å²) < 4.78 is 16.7. The topological polar surface area (TPSA) is 64.9 Å². The maximum Gasteiger partial charge on any atom is 0.256 e. The fraction of sp³-hybridized carbons (Fsp3) is 0.625. The monoisotopic (exact) mass is 670 g/mol. The second-order valence-electron chi connectivity index (χ2n) is 16.3. The number of aromatic nitrogens is 2. The van der Waals surface area contributed by atoms with Gasteiger partial charge >= 0.3 is 0 Å². The van der Waals surface area contributed by atoms with Gasteiger partial charge in [0.15, 0.2) is 0 Å². The Labute approximate surface area is 291 Å². The van der Waals surface area contributed by atoms with Crippen molar-refractivity contribution in [3.05, 3.63) is 59.3 Å². The molecule has 0 N–H and O–H groups in total. The van der Waals surface area contributed by atoms with Gasteiger partial charge in [-0.2, -0.15) is 0 Å². The number of fused-ring (bicyclic) bond motifs is 2. The zero-order valence-corrected chi connectivity index (χ0v) is 30.5. The first-order valence-corrected chi connectivity index (χ1v) is 18.7. The SMILES string of the molecule is CCN(C(=O)c1cc(F)ccc1-n1cc(CC2CN(C(C(C)C)C3CC(N4CC5CN(C(C)=O)C[C@@H]5C4)C3)C2)c2c(C)cncc21)C(C)C. The van der Waals surface area contributed by atoms with Crippen molar-refractivity contribution < 1.29 is 14.0 Å². The van der Waals surface area contributed by atoms with E-state index in [1.165, 1.54) is 35.9 Å². The second kappa shape index (κ2) is 13.4. The quantitative estimate of drug-likeness (QED) is 0.264. The lowest BCUT2D eigenvalue weighted by Crippen LogP contribution is -2.60. The minimum Gasteiger partial charge on any atom is -0.342 e. The van der Waals surface area contributed by atoms with Crippen LogP contribution in [0.15, 0.2) is 36.8 Å². The number of pyridine rings is 1. The van der Waals surface area contributed by atoms with Gasteiger partial charge in [-0.05, 0) is 106 Å². The highest BCUT2D eigenvalue weighted by Crippen LogP contribution is 2.44. The number of carbonyl (C=O) groups is 2. The van der Waals surface area contributed by atoms with Crippen molar-refractivity contribution in [2.45, 2.75) is 85.9 Å². The Morgan fingerprint density at radius 1 is 1.00 bits per heavy atom. The molecule has 49 heavy (non-hydrogen) atoms. The van der Waals surface area contributed by atoms with E-state index in [1.807, 2.05) is 33.2 Å². The van der Waals surface area contributed by atoms with Crippen LogP contribution in [0.3, 0.4) is 0 Å². The molecule has 4 aliphatic rings. The predicted molar refractivity (Wildman–Crippen MR) is 192 cm³/mol. The number of amides is 2. The zero-order chi connectivity index (χ0) is 34.7. The molecule has 2 aromatic heterocycles. The largest absolute Gasteiger partial charge is 0.342 e. The van der Waals surface area contributed by atoms with Crippen LogP contribution >= 0.6 is 0 Å². The van der Waals surface area contributed by atoms with E-state index in [0.717, 1.165) is 62.7 Å². The van der Waals surface area contributed by atoms with Crippen LogP contribution in [-0.4, -0.2) is 105 Å². The van der Waals surface area contributed by atoms with Gasteiger partial charge in [0.25, 0.3) is 5.91 Å². The summed E-state index contributed by atoms with van der Waals surface area (Å²) in [6.45, 7) is 21.6. The lowest BCUT2D eigenvalue weighted by molar-refractivity contribution is -0.128. The van der Waals surface area contributed by atoms with Crippen molar-refractivity contribution in [2.24, 2.45) is 29.6 Å². The van der Waals surface area contributed by atoms with Crippen molar-refractivity contribution >= 4 is 22.7 Å². The average molecular weight is 671 g/mol. The average Bonchev–Trinajstić information content (AvgIpc) is 3.69. The van der Waals surface area contributed by atoms with E-state index >= 15 is 0 Å².